The first-order valence-electron chi connectivity index (χ1n) is 11.3. The fourth-order valence-corrected chi connectivity index (χ4v) is 5.29. The number of rotatable bonds is 10. The van der Waals surface area contributed by atoms with Crippen molar-refractivity contribution in [1.29, 1.82) is 0 Å². The molecule has 3 aromatic rings. The minimum absolute atomic E-state index is 0.179. The molecular weight excluding hydrogens is 512 g/mol. The molecule has 0 bridgehead atoms. The minimum Gasteiger partial charge on any atom is -0.504 e. The van der Waals surface area contributed by atoms with Crippen LogP contribution in [0.15, 0.2) is 56.6 Å². The summed E-state index contributed by atoms with van der Waals surface area (Å²) in [5, 5.41) is 13.1. The Kier molecular flexibility index (Phi) is 7.13. The topological polar surface area (TPSA) is 162 Å². The van der Waals surface area contributed by atoms with Crippen LogP contribution in [0.2, 0.25) is 0 Å². The quantitative estimate of drug-likeness (QED) is 0.259. The van der Waals surface area contributed by atoms with Gasteiger partial charge in [-0.3, -0.25) is 19.1 Å². The van der Waals surface area contributed by atoms with Crippen molar-refractivity contribution >= 4 is 13.7 Å². The number of furan rings is 1. The molecular formula is C23H25FN3O9P. The van der Waals surface area contributed by atoms with E-state index in [1.165, 1.54) is 19.1 Å². The Morgan fingerprint density at radius 3 is 2.54 bits per heavy atom. The molecule has 2 aromatic heterocycles. The van der Waals surface area contributed by atoms with E-state index in [4.69, 9.17) is 18.2 Å². The van der Waals surface area contributed by atoms with E-state index >= 15 is 0 Å². The smallest absolute Gasteiger partial charge is 0.460 e. The standard InChI is InChI=1S/C23H25FN3O9P/c1-13(2)33-21(30)14(3)26-37(32,35-15-7-5-4-6-8-15)36-23(9-10-23)19-17(28)11-18(34-19)27-12-16(24)20(29)25-22(27)31/h4-8,11-14,28H,9-10H2,1-3H3,(H,26,32)(H,25,29,31)/t14-,37-/m0/s1. The number of aromatic hydroxyl groups is 1. The third kappa shape index (κ3) is 5.85. The van der Waals surface area contributed by atoms with Gasteiger partial charge in [0.15, 0.2) is 11.5 Å². The van der Waals surface area contributed by atoms with Crippen LogP contribution in [-0.4, -0.2) is 32.8 Å². The Labute approximate surface area is 209 Å². The number of carbonyl (C=O) groups is 1. The monoisotopic (exact) mass is 537 g/mol. The average Bonchev–Trinajstić information content (AvgIpc) is 3.47. The fourth-order valence-electron chi connectivity index (χ4n) is 3.44. The number of benzene rings is 1. The Morgan fingerprint density at radius 1 is 1.24 bits per heavy atom. The Morgan fingerprint density at radius 2 is 1.92 bits per heavy atom. The molecule has 2 heterocycles. The van der Waals surface area contributed by atoms with Gasteiger partial charge in [-0.2, -0.15) is 9.48 Å². The Bertz CT molecular complexity index is 1460. The number of nitrogens with one attached hydrogen (secondary N) is 2. The van der Waals surface area contributed by atoms with Crippen molar-refractivity contribution in [1.82, 2.24) is 14.6 Å². The first-order valence-corrected chi connectivity index (χ1v) is 12.8. The Hall–Kier alpha value is -3.67. The molecule has 0 amide bonds. The van der Waals surface area contributed by atoms with Crippen LogP contribution in [0.5, 0.6) is 11.5 Å². The summed E-state index contributed by atoms with van der Waals surface area (Å²) >= 11 is 0. The molecule has 0 radical (unpaired) electrons. The molecule has 1 aromatic carbocycles. The first-order chi connectivity index (χ1) is 17.4. The summed E-state index contributed by atoms with van der Waals surface area (Å²) in [5.41, 5.74) is -3.67. The van der Waals surface area contributed by atoms with Gasteiger partial charge in [0.1, 0.15) is 17.4 Å². The largest absolute Gasteiger partial charge is 0.504 e. The van der Waals surface area contributed by atoms with Crippen molar-refractivity contribution in [3.8, 4) is 17.4 Å². The maximum atomic E-state index is 13.9. The molecule has 12 nitrogen and oxygen atoms in total. The third-order valence-corrected chi connectivity index (χ3v) is 7.02. The molecule has 4 rings (SSSR count). The van der Waals surface area contributed by atoms with Crippen LogP contribution in [0.1, 0.15) is 39.4 Å². The molecule has 0 unspecified atom stereocenters. The molecule has 1 saturated carbocycles. The van der Waals surface area contributed by atoms with Crippen molar-refractivity contribution in [2.75, 3.05) is 0 Å². The van der Waals surface area contributed by atoms with Crippen LogP contribution in [-0.2, 0) is 24.2 Å². The fraction of sp³-hybridized carbons (Fsp3) is 0.348. The second-order valence-corrected chi connectivity index (χ2v) is 10.3. The lowest BCUT2D eigenvalue weighted by Crippen LogP contribution is -2.37. The van der Waals surface area contributed by atoms with Crippen LogP contribution >= 0.6 is 7.75 Å². The minimum atomic E-state index is -4.32. The van der Waals surface area contributed by atoms with Crippen molar-refractivity contribution in [3.05, 3.63) is 75.0 Å². The lowest BCUT2D eigenvalue weighted by atomic mass is 10.2. The second kappa shape index (κ2) is 10.0. The first kappa shape index (κ1) is 26.4. The second-order valence-electron chi connectivity index (χ2n) is 8.73. The number of carbonyl (C=O) groups excluding carboxylic acids is 1. The van der Waals surface area contributed by atoms with E-state index in [2.05, 4.69) is 5.09 Å². The van der Waals surface area contributed by atoms with E-state index in [1.807, 2.05) is 0 Å². The zero-order valence-electron chi connectivity index (χ0n) is 20.1. The van der Waals surface area contributed by atoms with E-state index in [9.17, 15) is 28.4 Å². The van der Waals surface area contributed by atoms with Crippen LogP contribution in [0.4, 0.5) is 4.39 Å². The Balaban J connectivity index is 1.66. The van der Waals surface area contributed by atoms with Crippen LogP contribution in [0.25, 0.3) is 5.88 Å². The maximum Gasteiger partial charge on any atom is 0.460 e. The molecule has 1 aliphatic rings. The van der Waals surface area contributed by atoms with Gasteiger partial charge in [-0.15, -0.1) is 0 Å². The molecule has 1 fully saturated rings. The lowest BCUT2D eigenvalue weighted by molar-refractivity contribution is -0.149. The highest BCUT2D eigenvalue weighted by molar-refractivity contribution is 7.52. The van der Waals surface area contributed by atoms with Crippen molar-refractivity contribution in [2.45, 2.75) is 51.4 Å². The number of para-hydroxylation sites is 1. The number of esters is 1. The number of hydrogen-bond donors (Lipinski definition) is 3. The molecule has 3 N–H and O–H groups in total. The third-order valence-electron chi connectivity index (χ3n) is 5.27. The molecule has 198 valence electrons. The molecule has 37 heavy (non-hydrogen) atoms. The summed E-state index contributed by atoms with van der Waals surface area (Å²) in [7, 11) is -4.32. The summed E-state index contributed by atoms with van der Waals surface area (Å²) in [4.78, 5) is 37.6. The number of nitrogens with zero attached hydrogens (tertiary/aromatic N) is 1. The normalized spacial score (nSPS) is 16.7. The van der Waals surface area contributed by atoms with Gasteiger partial charge < -0.3 is 18.8 Å². The average molecular weight is 537 g/mol. The number of aromatic amines is 1. The van der Waals surface area contributed by atoms with Crippen molar-refractivity contribution in [2.24, 2.45) is 0 Å². The summed E-state index contributed by atoms with van der Waals surface area (Å²) < 4.78 is 50.6. The van der Waals surface area contributed by atoms with Gasteiger partial charge in [0, 0.05) is 6.07 Å². The van der Waals surface area contributed by atoms with Gasteiger partial charge in [0.05, 0.1) is 12.3 Å². The summed E-state index contributed by atoms with van der Waals surface area (Å²) in [6, 6.07) is 8.01. The highest BCUT2D eigenvalue weighted by Gasteiger charge is 2.56. The SMILES string of the molecule is CC(C)OC(=O)[C@H](C)N[P@](=O)(Oc1ccccc1)OC1(c2oc(-n3cc(F)c(=O)[nH]c3=O)cc2O)CC1. The predicted molar refractivity (Wildman–Crippen MR) is 127 cm³/mol. The summed E-state index contributed by atoms with van der Waals surface area (Å²) in [6.45, 7) is 4.75. The van der Waals surface area contributed by atoms with Gasteiger partial charge in [-0.25, -0.2) is 13.9 Å². The zero-order valence-corrected chi connectivity index (χ0v) is 21.0. The number of aromatic nitrogens is 2. The van der Waals surface area contributed by atoms with Crippen LogP contribution < -0.4 is 20.9 Å². The molecule has 2 atom stereocenters. The summed E-state index contributed by atoms with van der Waals surface area (Å²) in [5.74, 6) is -2.74. The molecule has 0 spiro atoms. The molecule has 0 saturated heterocycles. The van der Waals surface area contributed by atoms with Gasteiger partial charge in [0.2, 0.25) is 11.7 Å². The van der Waals surface area contributed by atoms with Crippen molar-refractivity contribution < 1.29 is 37.1 Å². The summed E-state index contributed by atoms with van der Waals surface area (Å²) in [6.07, 6.45) is 0.659. The number of ether oxygens (including phenoxy) is 1. The van der Waals surface area contributed by atoms with Gasteiger partial charge >= 0.3 is 19.4 Å². The van der Waals surface area contributed by atoms with E-state index in [0.717, 1.165) is 6.07 Å². The van der Waals surface area contributed by atoms with Crippen LogP contribution in [0.3, 0.4) is 0 Å². The number of H-pyrrole nitrogens is 1. The van der Waals surface area contributed by atoms with Gasteiger partial charge in [0.25, 0.3) is 5.56 Å². The van der Waals surface area contributed by atoms with E-state index < -0.39 is 54.3 Å². The van der Waals surface area contributed by atoms with Gasteiger partial charge in [-0.05, 0) is 45.7 Å². The molecule has 0 aliphatic heterocycles. The molecule has 14 heteroatoms. The zero-order chi connectivity index (χ0) is 27.0. The highest BCUT2D eigenvalue weighted by Crippen LogP contribution is 2.62. The van der Waals surface area contributed by atoms with E-state index in [0.29, 0.717) is 10.8 Å². The van der Waals surface area contributed by atoms with E-state index in [1.54, 1.807) is 37.0 Å². The van der Waals surface area contributed by atoms with E-state index in [-0.39, 0.29) is 30.2 Å². The van der Waals surface area contributed by atoms with Crippen molar-refractivity contribution in [3.63, 3.8) is 0 Å². The molecule has 1 aliphatic carbocycles. The number of hydrogen-bond acceptors (Lipinski definition) is 9. The van der Waals surface area contributed by atoms with Crippen LogP contribution in [0, 0.1) is 5.82 Å². The predicted octanol–water partition coefficient (Wildman–Crippen LogP) is 3.09. The van der Waals surface area contributed by atoms with Gasteiger partial charge in [-0.1, -0.05) is 18.2 Å². The lowest BCUT2D eigenvalue weighted by Gasteiger charge is -2.26. The number of halogens is 1. The maximum absolute atomic E-state index is 13.9. The highest BCUT2D eigenvalue weighted by atomic mass is 31.2.